The molecule has 0 aliphatic carbocycles. The number of rotatable bonds is 3. The fourth-order valence-corrected chi connectivity index (χ4v) is 1.03. The topological polar surface area (TPSA) is 66.0 Å². The maximum absolute atomic E-state index is 10.3. The summed E-state index contributed by atoms with van der Waals surface area (Å²) in [6, 6.07) is 0. The number of nitrogens with one attached hydrogen (secondary N) is 1. The van der Waals surface area contributed by atoms with Gasteiger partial charge in [-0.1, -0.05) is 15.9 Å². The number of imidazole rings is 1. The first-order valence-electron chi connectivity index (χ1n) is 3.04. The van der Waals surface area contributed by atoms with Gasteiger partial charge in [0.05, 0.1) is 6.33 Å². The summed E-state index contributed by atoms with van der Waals surface area (Å²) >= 11 is 3.02. The van der Waals surface area contributed by atoms with Crippen LogP contribution in [0.25, 0.3) is 0 Å². The van der Waals surface area contributed by atoms with Crippen molar-refractivity contribution in [3.63, 3.8) is 0 Å². The van der Waals surface area contributed by atoms with E-state index in [2.05, 4.69) is 25.9 Å². The van der Waals surface area contributed by atoms with E-state index in [0.717, 1.165) is 5.69 Å². The molecule has 1 atom stereocenters. The van der Waals surface area contributed by atoms with Crippen molar-refractivity contribution in [3.05, 3.63) is 18.2 Å². The molecule has 2 N–H and O–H groups in total. The maximum atomic E-state index is 10.3. The Labute approximate surface area is 71.8 Å². The summed E-state index contributed by atoms with van der Waals surface area (Å²) in [6.45, 7) is 0. The van der Waals surface area contributed by atoms with E-state index in [1.807, 2.05) is 0 Å². The van der Waals surface area contributed by atoms with Gasteiger partial charge in [0.2, 0.25) is 0 Å². The second kappa shape index (κ2) is 3.52. The van der Waals surface area contributed by atoms with E-state index >= 15 is 0 Å². The van der Waals surface area contributed by atoms with Crippen LogP contribution in [0, 0.1) is 0 Å². The third kappa shape index (κ3) is 2.34. The SMILES string of the molecule is O=C(O)[C@@H](Br)Cc1cnc[nH]1. The van der Waals surface area contributed by atoms with Crippen LogP contribution in [0.4, 0.5) is 0 Å². The lowest BCUT2D eigenvalue weighted by Crippen LogP contribution is -2.15. The summed E-state index contributed by atoms with van der Waals surface area (Å²) in [5.74, 6) is -0.861. The molecule has 0 bridgehead atoms. The Morgan fingerprint density at radius 1 is 1.91 bits per heavy atom. The number of nitrogens with zero attached hydrogens (tertiary/aromatic N) is 1. The highest BCUT2D eigenvalue weighted by atomic mass is 79.9. The van der Waals surface area contributed by atoms with E-state index in [-0.39, 0.29) is 0 Å². The number of halogens is 1. The zero-order valence-electron chi connectivity index (χ0n) is 5.62. The Kier molecular flexibility index (Phi) is 2.64. The van der Waals surface area contributed by atoms with E-state index in [1.165, 1.54) is 6.33 Å². The van der Waals surface area contributed by atoms with Crippen LogP contribution >= 0.6 is 15.9 Å². The summed E-state index contributed by atoms with van der Waals surface area (Å²) in [4.78, 5) is 16.4. The van der Waals surface area contributed by atoms with Gasteiger partial charge in [0.1, 0.15) is 4.83 Å². The summed E-state index contributed by atoms with van der Waals surface area (Å²) in [7, 11) is 0. The van der Waals surface area contributed by atoms with Crippen LogP contribution in [-0.2, 0) is 11.2 Å². The minimum Gasteiger partial charge on any atom is -0.480 e. The van der Waals surface area contributed by atoms with Crippen molar-refractivity contribution in [2.45, 2.75) is 11.2 Å². The van der Waals surface area contributed by atoms with Crippen molar-refractivity contribution in [2.75, 3.05) is 0 Å². The van der Waals surface area contributed by atoms with Crippen molar-refractivity contribution in [1.82, 2.24) is 9.97 Å². The molecule has 0 saturated carbocycles. The molecule has 1 aromatic rings. The molecular weight excluding hydrogens is 212 g/mol. The lowest BCUT2D eigenvalue weighted by Gasteiger charge is -1.99. The Morgan fingerprint density at radius 3 is 3.09 bits per heavy atom. The lowest BCUT2D eigenvalue weighted by atomic mass is 10.2. The summed E-state index contributed by atoms with van der Waals surface area (Å²) in [5, 5.41) is 8.50. The van der Waals surface area contributed by atoms with Gasteiger partial charge in [-0.25, -0.2) is 4.98 Å². The standard InChI is InChI=1S/C6H7BrN2O2/c7-5(6(10)11)1-4-2-8-3-9-4/h2-3,5H,1H2,(H,8,9)(H,10,11)/t5-/m0/s1. The monoisotopic (exact) mass is 218 g/mol. The zero-order chi connectivity index (χ0) is 8.27. The molecule has 0 spiro atoms. The third-order valence-electron chi connectivity index (χ3n) is 1.22. The number of hydrogen-bond acceptors (Lipinski definition) is 2. The predicted molar refractivity (Wildman–Crippen MR) is 42.6 cm³/mol. The highest BCUT2D eigenvalue weighted by Crippen LogP contribution is 2.06. The minimum absolute atomic E-state index is 0.426. The quantitative estimate of drug-likeness (QED) is 0.739. The van der Waals surface area contributed by atoms with Gasteiger partial charge in [0, 0.05) is 18.3 Å². The number of aromatic nitrogens is 2. The molecule has 60 valence electrons. The first kappa shape index (κ1) is 8.26. The number of carboxylic acid groups (broad SMARTS) is 1. The van der Waals surface area contributed by atoms with Crippen LogP contribution in [-0.4, -0.2) is 25.9 Å². The minimum atomic E-state index is -0.861. The van der Waals surface area contributed by atoms with Crippen molar-refractivity contribution >= 4 is 21.9 Å². The van der Waals surface area contributed by atoms with Crippen molar-refractivity contribution < 1.29 is 9.90 Å². The molecule has 0 radical (unpaired) electrons. The molecule has 0 fully saturated rings. The number of alkyl halides is 1. The summed E-state index contributed by atoms with van der Waals surface area (Å²) in [5.41, 5.74) is 0.814. The first-order valence-corrected chi connectivity index (χ1v) is 3.96. The van der Waals surface area contributed by atoms with E-state index in [4.69, 9.17) is 5.11 Å². The molecule has 1 rings (SSSR count). The molecule has 0 aromatic carbocycles. The smallest absolute Gasteiger partial charge is 0.317 e. The highest BCUT2D eigenvalue weighted by Gasteiger charge is 2.13. The molecule has 0 aliphatic heterocycles. The van der Waals surface area contributed by atoms with Crippen molar-refractivity contribution in [2.24, 2.45) is 0 Å². The maximum Gasteiger partial charge on any atom is 0.317 e. The lowest BCUT2D eigenvalue weighted by molar-refractivity contribution is -0.136. The Bertz CT molecular complexity index is 235. The number of hydrogen-bond donors (Lipinski definition) is 2. The summed E-state index contributed by atoms with van der Waals surface area (Å²) in [6.07, 6.45) is 3.56. The first-order chi connectivity index (χ1) is 5.20. The van der Waals surface area contributed by atoms with Crippen LogP contribution < -0.4 is 0 Å². The number of H-pyrrole nitrogens is 1. The third-order valence-corrected chi connectivity index (χ3v) is 1.94. The second-order valence-electron chi connectivity index (χ2n) is 2.09. The Morgan fingerprint density at radius 2 is 2.64 bits per heavy atom. The van der Waals surface area contributed by atoms with E-state index in [9.17, 15) is 4.79 Å². The number of aromatic amines is 1. The second-order valence-corrected chi connectivity index (χ2v) is 3.19. The molecular formula is C6H7BrN2O2. The van der Waals surface area contributed by atoms with Gasteiger partial charge in [-0.2, -0.15) is 0 Å². The van der Waals surface area contributed by atoms with E-state index < -0.39 is 10.8 Å². The van der Waals surface area contributed by atoms with Gasteiger partial charge in [-0.3, -0.25) is 4.79 Å². The van der Waals surface area contributed by atoms with Gasteiger partial charge in [-0.15, -0.1) is 0 Å². The number of aliphatic carboxylic acids is 1. The molecule has 11 heavy (non-hydrogen) atoms. The molecule has 5 heteroatoms. The van der Waals surface area contributed by atoms with Crippen LogP contribution in [0.3, 0.4) is 0 Å². The largest absolute Gasteiger partial charge is 0.480 e. The molecule has 0 saturated heterocycles. The number of carboxylic acids is 1. The Balaban J connectivity index is 2.50. The van der Waals surface area contributed by atoms with Crippen molar-refractivity contribution in [1.29, 1.82) is 0 Å². The molecule has 0 unspecified atom stereocenters. The Hall–Kier alpha value is -0.840. The van der Waals surface area contributed by atoms with Gasteiger partial charge in [0.25, 0.3) is 0 Å². The fraction of sp³-hybridized carbons (Fsp3) is 0.333. The normalized spacial score (nSPS) is 12.8. The molecule has 1 heterocycles. The average Bonchev–Trinajstić information content (AvgIpc) is 2.39. The van der Waals surface area contributed by atoms with Gasteiger partial charge >= 0.3 is 5.97 Å². The van der Waals surface area contributed by atoms with Crippen LogP contribution in [0.2, 0.25) is 0 Å². The predicted octanol–water partition coefficient (Wildman–Crippen LogP) is 0.800. The van der Waals surface area contributed by atoms with Gasteiger partial charge < -0.3 is 10.1 Å². The van der Waals surface area contributed by atoms with E-state index in [0.29, 0.717) is 6.42 Å². The molecule has 0 aliphatic rings. The number of carbonyl (C=O) groups is 1. The van der Waals surface area contributed by atoms with E-state index in [1.54, 1.807) is 6.20 Å². The zero-order valence-corrected chi connectivity index (χ0v) is 7.21. The van der Waals surface area contributed by atoms with Gasteiger partial charge in [0.15, 0.2) is 0 Å². The van der Waals surface area contributed by atoms with Crippen LogP contribution in [0.1, 0.15) is 5.69 Å². The van der Waals surface area contributed by atoms with Crippen LogP contribution in [0.15, 0.2) is 12.5 Å². The summed E-state index contributed by atoms with van der Waals surface area (Å²) < 4.78 is 0. The average molecular weight is 219 g/mol. The molecule has 1 aromatic heterocycles. The fourth-order valence-electron chi connectivity index (χ4n) is 0.677. The van der Waals surface area contributed by atoms with Crippen LogP contribution in [0.5, 0.6) is 0 Å². The molecule has 4 nitrogen and oxygen atoms in total. The molecule has 0 amide bonds. The van der Waals surface area contributed by atoms with Gasteiger partial charge in [-0.05, 0) is 0 Å². The van der Waals surface area contributed by atoms with Crippen molar-refractivity contribution in [3.8, 4) is 0 Å². The highest BCUT2D eigenvalue weighted by molar-refractivity contribution is 9.10.